The van der Waals surface area contributed by atoms with Crippen molar-refractivity contribution in [1.29, 1.82) is 0 Å². The maximum Gasteiger partial charge on any atom is 0.235 e. The lowest BCUT2D eigenvalue weighted by atomic mass is 9.52. The molecule has 0 heterocycles. The molecule has 0 saturated heterocycles. The number of Topliss-reactive ketones (excluding diaryl/α,β-unsaturated/α-hetero) is 4. The maximum atomic E-state index is 14.0. The first-order valence-corrected chi connectivity index (χ1v) is 13.1. The number of benzene rings is 1. The van der Waals surface area contributed by atoms with Gasteiger partial charge < -0.3 is 25.7 Å². The van der Waals surface area contributed by atoms with E-state index >= 15 is 0 Å². The quantitative estimate of drug-likeness (QED) is 0.255. The molecule has 0 aromatic heterocycles. The standard InChI is InChI=1S/C28H36N4O8/c1-27(2,3)40-30-11-13-10-16(31(4)5)14-8-12-9-15-20(32(6)7)23(35)19(26(29)38)25(37)28(15,39)24(36)17(12)22(34)18(14)21(13)33/h10-12,15,17,19-20,33,39H,8-9H2,1-7H3,(H2,29,38)/b30-11-/t12-,15-,17?,19?,20-,28-/m0/s1. The smallest absolute Gasteiger partial charge is 0.235 e. The molecule has 2 fully saturated rings. The van der Waals surface area contributed by atoms with Crippen LogP contribution in [0.4, 0.5) is 5.69 Å². The molecule has 12 nitrogen and oxygen atoms in total. The first-order chi connectivity index (χ1) is 18.4. The number of hydrogen-bond donors (Lipinski definition) is 3. The molecule has 0 bridgehead atoms. The first-order valence-electron chi connectivity index (χ1n) is 13.1. The van der Waals surface area contributed by atoms with Crippen LogP contribution in [0.1, 0.15) is 48.7 Å². The molecular weight excluding hydrogens is 520 g/mol. The Balaban J connectivity index is 1.86. The Bertz CT molecular complexity index is 1340. The van der Waals surface area contributed by atoms with E-state index in [-0.39, 0.29) is 24.0 Å². The normalized spacial score (nSPS) is 30.3. The minimum absolute atomic E-state index is 0.0137. The van der Waals surface area contributed by atoms with Crippen LogP contribution in [-0.2, 0) is 30.4 Å². The molecule has 0 radical (unpaired) electrons. The SMILES string of the molecule is CN(C)c1cc(/C=N\OC(C)(C)C)c(O)c2c1C[C@H]1C[C@H]3[C@H](N(C)C)C(=O)C(C(N)=O)C(=O)[C@@]3(O)C(=O)C1C2=O. The van der Waals surface area contributed by atoms with Crippen molar-refractivity contribution in [2.75, 3.05) is 33.1 Å². The molecule has 2 unspecified atom stereocenters. The Morgan fingerprint density at radius 2 is 1.77 bits per heavy atom. The summed E-state index contributed by atoms with van der Waals surface area (Å²) in [5.74, 6) is -10.9. The van der Waals surface area contributed by atoms with Gasteiger partial charge in [0.1, 0.15) is 11.4 Å². The Morgan fingerprint density at radius 3 is 2.30 bits per heavy atom. The van der Waals surface area contributed by atoms with Crippen LogP contribution in [0.5, 0.6) is 5.75 Å². The summed E-state index contributed by atoms with van der Waals surface area (Å²) in [6.45, 7) is 5.38. The van der Waals surface area contributed by atoms with Crippen molar-refractivity contribution < 1.29 is 39.0 Å². The number of carbonyl (C=O) groups excluding carboxylic acids is 5. The number of phenolic OH excluding ortho intramolecular Hbond substituents is 1. The van der Waals surface area contributed by atoms with Gasteiger partial charge >= 0.3 is 0 Å². The molecule has 1 amide bonds. The lowest BCUT2D eigenvalue weighted by molar-refractivity contribution is -0.181. The number of aliphatic hydroxyl groups is 1. The van der Waals surface area contributed by atoms with Crippen molar-refractivity contribution >= 4 is 40.9 Å². The highest BCUT2D eigenvalue weighted by Crippen LogP contribution is 2.52. The average molecular weight is 557 g/mol. The van der Waals surface area contributed by atoms with Gasteiger partial charge in [-0.3, -0.25) is 28.9 Å². The Labute approximate surface area is 232 Å². The number of carbonyl (C=O) groups is 5. The van der Waals surface area contributed by atoms with Crippen molar-refractivity contribution in [2.24, 2.45) is 34.6 Å². The molecule has 0 spiro atoms. The zero-order chi connectivity index (χ0) is 30.1. The van der Waals surface area contributed by atoms with Crippen molar-refractivity contribution in [2.45, 2.75) is 50.9 Å². The van der Waals surface area contributed by atoms with Crippen LogP contribution < -0.4 is 10.6 Å². The van der Waals surface area contributed by atoms with Gasteiger partial charge in [-0.1, -0.05) is 5.16 Å². The van der Waals surface area contributed by atoms with Gasteiger partial charge in [0.15, 0.2) is 34.7 Å². The number of nitrogens with zero attached hydrogens (tertiary/aromatic N) is 3. The third kappa shape index (κ3) is 4.39. The second kappa shape index (κ2) is 9.77. The van der Waals surface area contributed by atoms with Gasteiger partial charge in [0.2, 0.25) is 5.91 Å². The Hall–Kier alpha value is -3.64. The van der Waals surface area contributed by atoms with E-state index in [1.807, 2.05) is 0 Å². The summed E-state index contributed by atoms with van der Waals surface area (Å²) in [7, 11) is 6.63. The lowest BCUT2D eigenvalue weighted by Crippen LogP contribution is -2.74. The first kappa shape index (κ1) is 29.3. The molecule has 3 aliphatic rings. The summed E-state index contributed by atoms with van der Waals surface area (Å²) in [6, 6.07) is 0.510. The fourth-order valence-corrected chi connectivity index (χ4v) is 6.41. The van der Waals surface area contributed by atoms with E-state index < -0.39 is 75.7 Å². The summed E-state index contributed by atoms with van der Waals surface area (Å²) >= 11 is 0. The highest BCUT2D eigenvalue weighted by atomic mass is 16.6. The predicted octanol–water partition coefficient (Wildman–Crippen LogP) is 0.0820. The van der Waals surface area contributed by atoms with Gasteiger partial charge in [0, 0.05) is 31.3 Å². The van der Waals surface area contributed by atoms with Crippen molar-refractivity contribution in [3.05, 3.63) is 22.8 Å². The Kier molecular flexibility index (Phi) is 7.17. The van der Waals surface area contributed by atoms with Gasteiger partial charge in [-0.05, 0) is 65.3 Å². The molecule has 40 heavy (non-hydrogen) atoms. The van der Waals surface area contributed by atoms with E-state index in [0.717, 1.165) is 0 Å². The Morgan fingerprint density at radius 1 is 1.15 bits per heavy atom. The summed E-state index contributed by atoms with van der Waals surface area (Å²) in [5, 5.41) is 26.8. The van der Waals surface area contributed by atoms with Crippen LogP contribution in [-0.4, -0.2) is 95.8 Å². The second-order valence-corrected chi connectivity index (χ2v) is 12.3. The van der Waals surface area contributed by atoms with Crippen LogP contribution >= 0.6 is 0 Å². The summed E-state index contributed by atoms with van der Waals surface area (Å²) in [6.07, 6.45) is 1.43. The van der Waals surface area contributed by atoms with E-state index in [4.69, 9.17) is 10.6 Å². The van der Waals surface area contributed by atoms with E-state index in [0.29, 0.717) is 11.3 Å². The average Bonchev–Trinajstić information content (AvgIpc) is 2.81. The number of ketones is 4. The van der Waals surface area contributed by atoms with Gasteiger partial charge in [0.25, 0.3) is 0 Å². The molecule has 1 aromatic carbocycles. The van der Waals surface area contributed by atoms with Crippen LogP contribution in [0.25, 0.3) is 0 Å². The number of likely N-dealkylation sites (N-methyl/N-ethyl adjacent to an activating group) is 1. The number of primary amides is 1. The number of oxime groups is 1. The molecular formula is C28H36N4O8. The van der Waals surface area contributed by atoms with Crippen LogP contribution in [0.3, 0.4) is 0 Å². The maximum absolute atomic E-state index is 14.0. The van der Waals surface area contributed by atoms with Crippen LogP contribution in [0, 0.1) is 23.7 Å². The zero-order valence-corrected chi connectivity index (χ0v) is 23.7. The van der Waals surface area contributed by atoms with E-state index in [2.05, 4.69) is 5.16 Å². The minimum atomic E-state index is -2.77. The number of phenols is 1. The van der Waals surface area contributed by atoms with Gasteiger partial charge in [-0.25, -0.2) is 0 Å². The largest absolute Gasteiger partial charge is 0.506 e. The molecule has 4 N–H and O–H groups in total. The fraction of sp³-hybridized carbons (Fsp3) is 0.571. The minimum Gasteiger partial charge on any atom is -0.506 e. The highest BCUT2D eigenvalue weighted by Gasteiger charge is 2.69. The molecule has 216 valence electrons. The molecule has 0 aliphatic heterocycles. The molecule has 3 aliphatic carbocycles. The topological polar surface area (TPSA) is 180 Å². The van der Waals surface area contributed by atoms with E-state index in [1.54, 1.807) is 59.9 Å². The van der Waals surface area contributed by atoms with Gasteiger partial charge in [0.05, 0.1) is 23.7 Å². The van der Waals surface area contributed by atoms with E-state index in [1.165, 1.54) is 11.1 Å². The third-order valence-corrected chi connectivity index (χ3v) is 8.07. The van der Waals surface area contributed by atoms with Gasteiger partial charge in [-0.15, -0.1) is 0 Å². The lowest BCUT2D eigenvalue weighted by Gasteiger charge is -2.52. The molecule has 2 saturated carbocycles. The van der Waals surface area contributed by atoms with Crippen molar-refractivity contribution in [1.82, 2.24) is 4.90 Å². The summed E-state index contributed by atoms with van der Waals surface area (Å²) in [5.41, 5.74) is 3.18. The number of nitrogens with two attached hydrogens (primary N) is 1. The number of fused-ring (bicyclic) bond motifs is 3. The second-order valence-electron chi connectivity index (χ2n) is 12.3. The predicted molar refractivity (Wildman–Crippen MR) is 144 cm³/mol. The number of amides is 1. The molecule has 4 rings (SSSR count). The number of aromatic hydroxyl groups is 1. The third-order valence-electron chi connectivity index (χ3n) is 8.07. The van der Waals surface area contributed by atoms with Crippen molar-refractivity contribution in [3.8, 4) is 5.75 Å². The highest BCUT2D eigenvalue weighted by molar-refractivity contribution is 6.32. The molecule has 12 heteroatoms. The van der Waals surface area contributed by atoms with Crippen LogP contribution in [0.15, 0.2) is 11.2 Å². The fourth-order valence-electron chi connectivity index (χ4n) is 6.41. The summed E-state index contributed by atoms with van der Waals surface area (Å²) in [4.78, 5) is 75.3. The molecule has 6 atom stereocenters. The van der Waals surface area contributed by atoms with Gasteiger partial charge in [-0.2, -0.15) is 0 Å². The zero-order valence-electron chi connectivity index (χ0n) is 23.7. The molecule has 1 aromatic rings. The van der Waals surface area contributed by atoms with Crippen LogP contribution in [0.2, 0.25) is 0 Å². The van der Waals surface area contributed by atoms with Crippen molar-refractivity contribution in [3.63, 3.8) is 0 Å². The number of anilines is 1. The summed E-state index contributed by atoms with van der Waals surface area (Å²) < 4.78 is 0. The number of hydrogen-bond acceptors (Lipinski definition) is 11. The van der Waals surface area contributed by atoms with E-state index in [9.17, 15) is 34.2 Å². The number of rotatable bonds is 5. The monoisotopic (exact) mass is 556 g/mol.